The van der Waals surface area contributed by atoms with Crippen molar-refractivity contribution in [1.82, 2.24) is 35.0 Å². The van der Waals surface area contributed by atoms with E-state index in [1.807, 2.05) is 36.5 Å². The Kier molecular flexibility index (Phi) is 8.42. The number of carbonyl (C=O) groups is 1. The minimum absolute atomic E-state index is 0.107. The van der Waals surface area contributed by atoms with Gasteiger partial charge in [-0.1, -0.05) is 84.9 Å². The molecular weight excluding hydrogens is 606 g/mol. The molecule has 0 aliphatic rings. The first-order valence-corrected chi connectivity index (χ1v) is 16.9. The van der Waals surface area contributed by atoms with E-state index in [9.17, 15) is 4.79 Å². The second kappa shape index (κ2) is 13.6. The zero-order valence-corrected chi connectivity index (χ0v) is 27.1. The van der Waals surface area contributed by atoms with Crippen molar-refractivity contribution in [2.75, 3.05) is 0 Å². The fourth-order valence-corrected chi connectivity index (χ4v) is 6.98. The number of aromatic nitrogens is 6. The quantitative estimate of drug-likeness (QED) is 0.127. The molecule has 0 saturated carbocycles. The van der Waals surface area contributed by atoms with Crippen LogP contribution < -0.4 is 5.32 Å². The molecule has 0 unspecified atom stereocenters. The molecule has 8 nitrogen and oxygen atoms in total. The molecule has 8 heteroatoms. The molecule has 0 aliphatic carbocycles. The summed E-state index contributed by atoms with van der Waals surface area (Å²) in [7, 11) is 0. The van der Waals surface area contributed by atoms with Crippen LogP contribution in [0, 0.1) is 0 Å². The Morgan fingerprint density at radius 1 is 0.694 bits per heavy atom. The van der Waals surface area contributed by atoms with Crippen molar-refractivity contribution in [3.05, 3.63) is 162 Å². The maximum absolute atomic E-state index is 13.6. The molecule has 3 N–H and O–H groups in total. The molecule has 242 valence electrons. The van der Waals surface area contributed by atoms with Crippen LogP contribution in [0.1, 0.15) is 46.5 Å². The predicted octanol–water partition coefficient (Wildman–Crippen LogP) is 7.66. The topological polar surface area (TPSA) is 104 Å². The molecule has 0 radical (unpaired) electrons. The van der Waals surface area contributed by atoms with Gasteiger partial charge in [0.2, 0.25) is 5.91 Å². The van der Waals surface area contributed by atoms with Gasteiger partial charge in [0.15, 0.2) is 5.82 Å². The van der Waals surface area contributed by atoms with Crippen LogP contribution in [0.4, 0.5) is 0 Å². The third-order valence-electron chi connectivity index (χ3n) is 9.40. The third kappa shape index (κ3) is 6.45. The highest BCUT2D eigenvalue weighted by molar-refractivity contribution is 5.86. The SMILES string of the molecule is O=C(Cc1ccccn1)N[C@H](Cc1c[nH]c2ccccc12)c1nnc(CCCc2c[nH]c3ccccc23)n1Cc1cccc2ccccc12. The van der Waals surface area contributed by atoms with E-state index >= 15 is 0 Å². The van der Waals surface area contributed by atoms with Crippen molar-refractivity contribution in [2.24, 2.45) is 0 Å². The number of aromatic amines is 2. The van der Waals surface area contributed by atoms with Crippen LogP contribution in [0.3, 0.4) is 0 Å². The second-order valence-electron chi connectivity index (χ2n) is 12.6. The number of benzene rings is 4. The van der Waals surface area contributed by atoms with Gasteiger partial charge in [0.05, 0.1) is 19.0 Å². The van der Waals surface area contributed by atoms with E-state index in [1.165, 1.54) is 27.3 Å². The van der Waals surface area contributed by atoms with Crippen molar-refractivity contribution in [3.63, 3.8) is 0 Å². The van der Waals surface area contributed by atoms with Crippen LogP contribution in [0.25, 0.3) is 32.6 Å². The second-order valence-corrected chi connectivity index (χ2v) is 12.6. The highest BCUT2D eigenvalue weighted by atomic mass is 16.1. The van der Waals surface area contributed by atoms with Gasteiger partial charge in [-0.2, -0.15) is 0 Å². The summed E-state index contributed by atoms with van der Waals surface area (Å²) in [4.78, 5) is 24.8. The number of hydrogen-bond acceptors (Lipinski definition) is 4. The van der Waals surface area contributed by atoms with Gasteiger partial charge >= 0.3 is 0 Å². The molecule has 1 amide bonds. The zero-order valence-electron chi connectivity index (χ0n) is 27.1. The number of pyridine rings is 1. The Bertz CT molecular complexity index is 2360. The Labute approximate surface area is 284 Å². The molecule has 4 aromatic heterocycles. The average Bonchev–Trinajstić information content (AvgIpc) is 3.86. The number of hydrogen-bond donors (Lipinski definition) is 3. The Balaban J connectivity index is 1.16. The van der Waals surface area contributed by atoms with Gasteiger partial charge in [-0.3, -0.25) is 9.78 Å². The number of nitrogens with zero attached hydrogens (tertiary/aromatic N) is 4. The normalized spacial score (nSPS) is 12.2. The van der Waals surface area contributed by atoms with Gasteiger partial charge < -0.3 is 19.9 Å². The molecular formula is C41H37N7O. The molecule has 4 heterocycles. The zero-order chi connectivity index (χ0) is 33.0. The van der Waals surface area contributed by atoms with E-state index < -0.39 is 6.04 Å². The third-order valence-corrected chi connectivity index (χ3v) is 9.40. The lowest BCUT2D eigenvalue weighted by atomic mass is 10.0. The molecule has 8 rings (SSSR count). The number of H-pyrrole nitrogens is 2. The fraction of sp³-hybridized carbons (Fsp3) is 0.171. The van der Waals surface area contributed by atoms with Gasteiger partial charge in [-0.15, -0.1) is 10.2 Å². The van der Waals surface area contributed by atoms with Crippen LogP contribution in [0.5, 0.6) is 0 Å². The smallest absolute Gasteiger partial charge is 0.226 e. The summed E-state index contributed by atoms with van der Waals surface area (Å²) in [5, 5.41) is 17.8. The van der Waals surface area contributed by atoms with E-state index in [0.29, 0.717) is 13.0 Å². The van der Waals surface area contributed by atoms with E-state index in [1.54, 1.807) is 6.20 Å². The van der Waals surface area contributed by atoms with Gasteiger partial charge in [-0.25, -0.2) is 0 Å². The number of rotatable bonds is 12. The summed E-state index contributed by atoms with van der Waals surface area (Å²) < 4.78 is 2.23. The fourth-order valence-electron chi connectivity index (χ4n) is 6.98. The molecule has 4 aromatic carbocycles. The molecule has 0 saturated heterocycles. The molecule has 0 fully saturated rings. The largest absolute Gasteiger partial charge is 0.361 e. The van der Waals surface area contributed by atoms with Crippen molar-refractivity contribution in [2.45, 2.75) is 44.7 Å². The highest BCUT2D eigenvalue weighted by Crippen LogP contribution is 2.28. The van der Waals surface area contributed by atoms with Crippen LogP contribution in [0.15, 0.2) is 128 Å². The average molecular weight is 644 g/mol. The monoisotopic (exact) mass is 643 g/mol. The number of carbonyl (C=O) groups excluding carboxylic acids is 1. The van der Waals surface area contributed by atoms with Crippen LogP contribution in [-0.2, 0) is 37.0 Å². The number of amides is 1. The maximum atomic E-state index is 13.6. The Morgan fingerprint density at radius 3 is 2.18 bits per heavy atom. The van der Waals surface area contributed by atoms with Gasteiger partial charge in [-0.05, 0) is 64.6 Å². The first-order chi connectivity index (χ1) is 24.2. The van der Waals surface area contributed by atoms with Gasteiger partial charge in [0.25, 0.3) is 0 Å². The molecule has 8 aromatic rings. The highest BCUT2D eigenvalue weighted by Gasteiger charge is 2.25. The number of aryl methyl sites for hydroxylation is 2. The summed E-state index contributed by atoms with van der Waals surface area (Å²) >= 11 is 0. The van der Waals surface area contributed by atoms with E-state index in [2.05, 4.69) is 110 Å². The Morgan fingerprint density at radius 2 is 1.39 bits per heavy atom. The molecule has 0 bridgehead atoms. The minimum atomic E-state index is -0.416. The first-order valence-electron chi connectivity index (χ1n) is 16.9. The van der Waals surface area contributed by atoms with E-state index in [-0.39, 0.29) is 12.3 Å². The van der Waals surface area contributed by atoms with Crippen molar-refractivity contribution >= 4 is 38.5 Å². The minimum Gasteiger partial charge on any atom is -0.361 e. The number of fused-ring (bicyclic) bond motifs is 3. The lowest BCUT2D eigenvalue weighted by molar-refractivity contribution is -0.121. The first kappa shape index (κ1) is 30.3. The van der Waals surface area contributed by atoms with Crippen LogP contribution in [0.2, 0.25) is 0 Å². The molecule has 49 heavy (non-hydrogen) atoms. The lowest BCUT2D eigenvalue weighted by Gasteiger charge is -2.21. The number of para-hydroxylation sites is 2. The number of nitrogens with one attached hydrogen (secondary N) is 3. The Hall–Kier alpha value is -6.02. The summed E-state index contributed by atoms with van der Waals surface area (Å²) in [6.07, 6.45) is 9.19. The van der Waals surface area contributed by atoms with E-state index in [4.69, 9.17) is 10.2 Å². The van der Waals surface area contributed by atoms with Crippen molar-refractivity contribution in [1.29, 1.82) is 0 Å². The summed E-state index contributed by atoms with van der Waals surface area (Å²) in [5.41, 5.74) is 6.53. The van der Waals surface area contributed by atoms with Crippen LogP contribution >= 0.6 is 0 Å². The lowest BCUT2D eigenvalue weighted by Crippen LogP contribution is -2.33. The van der Waals surface area contributed by atoms with Crippen LogP contribution in [-0.4, -0.2) is 35.6 Å². The maximum Gasteiger partial charge on any atom is 0.226 e. The summed E-state index contributed by atoms with van der Waals surface area (Å²) in [6, 6.07) is 36.8. The van der Waals surface area contributed by atoms with Crippen molar-refractivity contribution in [3.8, 4) is 0 Å². The van der Waals surface area contributed by atoms with Crippen molar-refractivity contribution < 1.29 is 4.79 Å². The molecule has 1 atom stereocenters. The van der Waals surface area contributed by atoms with Gasteiger partial charge in [0, 0.05) is 58.9 Å². The predicted molar refractivity (Wildman–Crippen MR) is 194 cm³/mol. The summed E-state index contributed by atoms with van der Waals surface area (Å²) in [5.74, 6) is 1.55. The van der Waals surface area contributed by atoms with Gasteiger partial charge in [0.1, 0.15) is 5.82 Å². The van der Waals surface area contributed by atoms with E-state index in [0.717, 1.165) is 58.6 Å². The standard InChI is InChI=1S/C41H37N7O/c49-40(24-32-15-7-8-22-42-32)45-38(23-31-26-44-37-20-6-4-18-35(31)37)41-47-46-39(21-10-13-29-25-43-36-19-5-3-17-34(29)36)48(41)27-30-14-9-12-28-11-1-2-16-33(28)30/h1-9,11-12,14-20,22,25-26,38,43-44H,10,13,21,23-24,27H2,(H,45,49)/t38-/m1/s1. The summed E-state index contributed by atoms with van der Waals surface area (Å²) in [6.45, 7) is 0.590. The molecule has 0 aliphatic heterocycles. The molecule has 0 spiro atoms.